The van der Waals surface area contributed by atoms with Crippen LogP contribution in [0.5, 0.6) is 5.75 Å². The molecule has 0 spiro atoms. The number of benzene rings is 1. The van der Waals surface area contributed by atoms with Crippen molar-refractivity contribution in [3.8, 4) is 5.75 Å². The monoisotopic (exact) mass is 303 g/mol. The molecule has 0 aliphatic rings. The van der Waals surface area contributed by atoms with E-state index in [0.717, 1.165) is 5.56 Å². The van der Waals surface area contributed by atoms with Crippen molar-refractivity contribution in [3.05, 3.63) is 59.4 Å². The van der Waals surface area contributed by atoms with Crippen LogP contribution in [0.3, 0.4) is 0 Å². The second-order valence-corrected chi connectivity index (χ2v) is 4.67. The molecule has 1 heterocycles. The highest BCUT2D eigenvalue weighted by molar-refractivity contribution is 6.30. The first kappa shape index (κ1) is 15.0. The summed E-state index contributed by atoms with van der Waals surface area (Å²) in [5.41, 5.74) is 3.21. The lowest BCUT2D eigenvalue weighted by molar-refractivity contribution is -0.127. The second kappa shape index (κ2) is 7.40. The molecule has 0 fully saturated rings. The molecule has 0 bridgehead atoms. The normalized spacial score (nSPS) is 12.1. The predicted molar refractivity (Wildman–Crippen MR) is 81.5 cm³/mol. The van der Waals surface area contributed by atoms with E-state index < -0.39 is 6.10 Å². The Labute approximate surface area is 127 Å². The van der Waals surface area contributed by atoms with Crippen LogP contribution < -0.4 is 10.2 Å². The number of ether oxygens (including phenoxy) is 1. The van der Waals surface area contributed by atoms with E-state index in [1.807, 2.05) is 6.07 Å². The average molecular weight is 304 g/mol. The van der Waals surface area contributed by atoms with E-state index in [4.69, 9.17) is 16.3 Å². The topological polar surface area (TPSA) is 63.6 Å². The highest BCUT2D eigenvalue weighted by atomic mass is 35.5. The molecule has 6 heteroatoms. The van der Waals surface area contributed by atoms with Gasteiger partial charge in [0.25, 0.3) is 5.91 Å². The fraction of sp³-hybridized carbons (Fsp3) is 0.133. The van der Waals surface area contributed by atoms with Gasteiger partial charge in [0.15, 0.2) is 6.10 Å². The molecule has 0 aliphatic carbocycles. The van der Waals surface area contributed by atoms with Crippen molar-refractivity contribution in [3.63, 3.8) is 0 Å². The molecular weight excluding hydrogens is 290 g/mol. The van der Waals surface area contributed by atoms with Crippen LogP contribution in [0.15, 0.2) is 53.9 Å². The number of aromatic nitrogens is 1. The fourth-order valence-corrected chi connectivity index (χ4v) is 1.61. The molecule has 1 aromatic carbocycles. The first-order valence-corrected chi connectivity index (χ1v) is 6.68. The molecule has 1 amide bonds. The van der Waals surface area contributed by atoms with Crippen molar-refractivity contribution in [2.75, 3.05) is 0 Å². The van der Waals surface area contributed by atoms with Gasteiger partial charge in [0.1, 0.15) is 5.75 Å². The quantitative estimate of drug-likeness (QED) is 0.682. The molecule has 2 rings (SSSR count). The van der Waals surface area contributed by atoms with Crippen molar-refractivity contribution in [1.29, 1.82) is 0 Å². The summed E-state index contributed by atoms with van der Waals surface area (Å²) < 4.78 is 5.48. The zero-order chi connectivity index (χ0) is 15.1. The molecule has 21 heavy (non-hydrogen) atoms. The minimum atomic E-state index is -0.669. The lowest BCUT2D eigenvalue weighted by Crippen LogP contribution is -2.33. The average Bonchev–Trinajstić information content (AvgIpc) is 2.50. The summed E-state index contributed by atoms with van der Waals surface area (Å²) >= 11 is 5.78. The van der Waals surface area contributed by atoms with E-state index in [-0.39, 0.29) is 5.91 Å². The summed E-state index contributed by atoms with van der Waals surface area (Å²) in [7, 11) is 0. The maximum atomic E-state index is 11.8. The van der Waals surface area contributed by atoms with Gasteiger partial charge in [0, 0.05) is 23.0 Å². The van der Waals surface area contributed by atoms with E-state index in [0.29, 0.717) is 10.8 Å². The van der Waals surface area contributed by atoms with Crippen molar-refractivity contribution >= 4 is 23.7 Å². The third-order valence-corrected chi connectivity index (χ3v) is 2.82. The predicted octanol–water partition coefficient (Wildman–Crippen LogP) is 2.65. The van der Waals surface area contributed by atoms with E-state index in [9.17, 15) is 4.79 Å². The number of nitrogens with zero attached hydrogens (tertiary/aromatic N) is 2. The lowest BCUT2D eigenvalue weighted by atomic mass is 10.3. The molecule has 1 aromatic heterocycles. The lowest BCUT2D eigenvalue weighted by Gasteiger charge is -2.12. The minimum Gasteiger partial charge on any atom is -0.481 e. The first-order chi connectivity index (χ1) is 10.1. The highest BCUT2D eigenvalue weighted by Gasteiger charge is 2.13. The Hall–Kier alpha value is -2.40. The number of hydrazone groups is 1. The molecule has 0 saturated heterocycles. The number of hydrogen-bond donors (Lipinski definition) is 1. The van der Waals surface area contributed by atoms with E-state index >= 15 is 0 Å². The number of halogens is 1. The van der Waals surface area contributed by atoms with Gasteiger partial charge in [-0.05, 0) is 37.3 Å². The Morgan fingerprint density at radius 2 is 2.14 bits per heavy atom. The minimum absolute atomic E-state index is 0.343. The first-order valence-electron chi connectivity index (χ1n) is 6.30. The Kier molecular flexibility index (Phi) is 5.29. The number of pyridine rings is 1. The molecule has 0 unspecified atom stereocenters. The van der Waals surface area contributed by atoms with Gasteiger partial charge in [-0.1, -0.05) is 17.7 Å². The molecule has 5 nitrogen and oxygen atoms in total. The second-order valence-electron chi connectivity index (χ2n) is 4.23. The number of carbonyl (C=O) groups is 1. The maximum Gasteiger partial charge on any atom is 0.280 e. The van der Waals surface area contributed by atoms with Crippen LogP contribution in [0.1, 0.15) is 12.5 Å². The number of rotatable bonds is 5. The Bertz CT molecular complexity index is 615. The van der Waals surface area contributed by atoms with Crippen LogP contribution in [0.25, 0.3) is 0 Å². The number of hydrogen-bond acceptors (Lipinski definition) is 4. The van der Waals surface area contributed by atoms with Crippen LogP contribution in [0, 0.1) is 0 Å². The van der Waals surface area contributed by atoms with Gasteiger partial charge in [-0.15, -0.1) is 0 Å². The van der Waals surface area contributed by atoms with Gasteiger partial charge in [-0.2, -0.15) is 5.10 Å². The zero-order valence-electron chi connectivity index (χ0n) is 11.4. The number of carbonyl (C=O) groups excluding carboxylic acids is 1. The standard InChI is InChI=1S/C15H14ClN3O2/c1-11(21-14-6-4-13(16)5-7-14)15(20)19-18-10-12-3-2-8-17-9-12/h2-11H,1H3,(H,19,20)/b18-10+/t11-/m1/s1. The van der Waals surface area contributed by atoms with E-state index in [1.54, 1.807) is 49.6 Å². The number of amides is 1. The maximum absolute atomic E-state index is 11.8. The van der Waals surface area contributed by atoms with Crippen LogP contribution in [0.2, 0.25) is 5.02 Å². The van der Waals surface area contributed by atoms with Crippen molar-refractivity contribution in [2.45, 2.75) is 13.0 Å². The van der Waals surface area contributed by atoms with Gasteiger partial charge >= 0.3 is 0 Å². The fourth-order valence-electron chi connectivity index (χ4n) is 1.48. The van der Waals surface area contributed by atoms with Gasteiger partial charge in [-0.25, -0.2) is 5.43 Å². The Morgan fingerprint density at radius 1 is 1.38 bits per heavy atom. The molecule has 108 valence electrons. The summed E-state index contributed by atoms with van der Waals surface area (Å²) in [5.74, 6) is 0.225. The molecule has 2 aromatic rings. The Balaban J connectivity index is 1.85. The Morgan fingerprint density at radius 3 is 2.81 bits per heavy atom. The molecule has 0 aliphatic heterocycles. The third kappa shape index (κ3) is 4.89. The van der Waals surface area contributed by atoms with Crippen LogP contribution >= 0.6 is 11.6 Å². The van der Waals surface area contributed by atoms with Crippen molar-refractivity contribution in [1.82, 2.24) is 10.4 Å². The van der Waals surface area contributed by atoms with Gasteiger partial charge < -0.3 is 4.74 Å². The molecule has 1 atom stereocenters. The van der Waals surface area contributed by atoms with Crippen molar-refractivity contribution in [2.24, 2.45) is 5.10 Å². The molecule has 0 saturated carbocycles. The summed E-state index contributed by atoms with van der Waals surface area (Å²) in [4.78, 5) is 15.8. The molecule has 0 radical (unpaired) electrons. The summed E-state index contributed by atoms with van der Waals surface area (Å²) in [6.45, 7) is 1.64. The SMILES string of the molecule is C[C@@H](Oc1ccc(Cl)cc1)C(=O)N/N=C/c1cccnc1. The summed E-state index contributed by atoms with van der Waals surface area (Å²) in [5, 5.41) is 4.46. The molecular formula is C15H14ClN3O2. The van der Waals surface area contributed by atoms with Gasteiger partial charge in [-0.3, -0.25) is 9.78 Å². The van der Waals surface area contributed by atoms with Crippen LogP contribution in [0.4, 0.5) is 0 Å². The van der Waals surface area contributed by atoms with Crippen LogP contribution in [-0.4, -0.2) is 23.2 Å². The van der Waals surface area contributed by atoms with Gasteiger partial charge in [0.2, 0.25) is 0 Å². The van der Waals surface area contributed by atoms with Crippen molar-refractivity contribution < 1.29 is 9.53 Å². The van der Waals surface area contributed by atoms with Crippen LogP contribution in [-0.2, 0) is 4.79 Å². The van der Waals surface area contributed by atoms with E-state index in [1.165, 1.54) is 6.21 Å². The van der Waals surface area contributed by atoms with E-state index in [2.05, 4.69) is 15.5 Å². The largest absolute Gasteiger partial charge is 0.481 e. The smallest absolute Gasteiger partial charge is 0.280 e. The third-order valence-electron chi connectivity index (χ3n) is 2.57. The zero-order valence-corrected chi connectivity index (χ0v) is 12.1. The highest BCUT2D eigenvalue weighted by Crippen LogP contribution is 2.16. The van der Waals surface area contributed by atoms with Gasteiger partial charge in [0.05, 0.1) is 6.21 Å². The molecule has 1 N–H and O–H groups in total. The number of nitrogens with one attached hydrogen (secondary N) is 1. The summed E-state index contributed by atoms with van der Waals surface area (Å²) in [6.07, 6.45) is 4.15. The summed E-state index contributed by atoms with van der Waals surface area (Å²) in [6, 6.07) is 10.4.